The van der Waals surface area contributed by atoms with Gasteiger partial charge in [0, 0.05) is 36.4 Å². The van der Waals surface area contributed by atoms with Crippen molar-refractivity contribution in [2.45, 2.75) is 43.5 Å². The number of amides is 3. The minimum absolute atomic E-state index is 0.0327. The predicted molar refractivity (Wildman–Crippen MR) is 162 cm³/mol. The Morgan fingerprint density at radius 2 is 1.73 bits per heavy atom. The van der Waals surface area contributed by atoms with Gasteiger partial charge in [0.2, 0.25) is 5.91 Å². The highest BCUT2D eigenvalue weighted by atomic mass is 32.2. The number of nitrogens with one attached hydrogen (secondary N) is 2. The molecule has 0 radical (unpaired) electrons. The lowest BCUT2D eigenvalue weighted by molar-refractivity contribution is -0.137. The van der Waals surface area contributed by atoms with E-state index in [2.05, 4.69) is 10.0 Å². The highest BCUT2D eigenvalue weighted by Crippen LogP contribution is 2.31. The fourth-order valence-corrected chi connectivity index (χ4v) is 5.91. The Morgan fingerprint density at radius 3 is 2.36 bits per heavy atom. The second kappa shape index (κ2) is 13.8. The van der Waals surface area contributed by atoms with Gasteiger partial charge in [-0.1, -0.05) is 25.1 Å². The van der Waals surface area contributed by atoms with Crippen LogP contribution in [0.4, 0.5) is 29.3 Å². The molecule has 1 aliphatic rings. The minimum Gasteiger partial charge on any atom is -0.488 e. The van der Waals surface area contributed by atoms with Crippen molar-refractivity contribution < 1.29 is 41.0 Å². The molecule has 1 aliphatic heterocycles. The normalized spacial score (nSPS) is 18.0. The van der Waals surface area contributed by atoms with E-state index in [1.807, 2.05) is 6.92 Å². The number of aliphatic hydroxyl groups is 1. The number of likely N-dealkylation sites (N-methyl/N-ethyl adjacent to an activating group) is 1. The van der Waals surface area contributed by atoms with Crippen LogP contribution in [-0.2, 0) is 27.4 Å². The molecule has 0 aliphatic carbocycles. The van der Waals surface area contributed by atoms with Crippen molar-refractivity contribution in [2.75, 3.05) is 36.8 Å². The van der Waals surface area contributed by atoms with Crippen LogP contribution in [0.5, 0.6) is 5.75 Å². The fourth-order valence-electron chi connectivity index (χ4n) is 4.84. The van der Waals surface area contributed by atoms with Crippen LogP contribution in [0, 0.1) is 5.92 Å². The van der Waals surface area contributed by atoms with Crippen molar-refractivity contribution in [3.63, 3.8) is 0 Å². The van der Waals surface area contributed by atoms with Crippen molar-refractivity contribution in [1.82, 2.24) is 9.80 Å². The molecular formula is C31H35F3N4O6S. The fraction of sp³-hybridized carbons (Fsp3) is 0.355. The van der Waals surface area contributed by atoms with E-state index in [4.69, 9.17) is 4.74 Å². The molecule has 14 heteroatoms. The number of alkyl halides is 3. The van der Waals surface area contributed by atoms with Crippen molar-refractivity contribution in [3.8, 4) is 5.75 Å². The van der Waals surface area contributed by atoms with Crippen molar-refractivity contribution in [3.05, 3.63) is 83.9 Å². The van der Waals surface area contributed by atoms with Crippen LogP contribution in [0.25, 0.3) is 0 Å². The first kappa shape index (κ1) is 33.6. The molecule has 0 spiro atoms. The Bertz CT molecular complexity index is 1600. The van der Waals surface area contributed by atoms with Crippen LogP contribution >= 0.6 is 0 Å². The first-order valence-corrected chi connectivity index (χ1v) is 15.6. The number of benzene rings is 3. The standard InChI is InChI=1S/C31H35F3N4O6S/c1-20-17-38(21(2)19-39)29(40)16-22-15-25(36-45(42,43)26-7-5-4-6-8-26)13-14-27(22)44-28(20)18-37(3)30(41)35-24-11-9-23(10-12-24)31(32,33)34/h4-15,20-21,28,36,39H,16-19H2,1-3H3,(H,35,41)/t20-,21-,28+/m1/s1. The third kappa shape index (κ3) is 8.45. The number of ether oxygens (including phenoxy) is 1. The van der Waals surface area contributed by atoms with Crippen molar-refractivity contribution >= 4 is 33.3 Å². The Kier molecular flexibility index (Phi) is 10.3. The molecular weight excluding hydrogens is 613 g/mol. The van der Waals surface area contributed by atoms with Gasteiger partial charge in [-0.15, -0.1) is 0 Å². The van der Waals surface area contributed by atoms with Crippen LogP contribution in [0.2, 0.25) is 0 Å². The van der Waals surface area contributed by atoms with Gasteiger partial charge in [0.25, 0.3) is 10.0 Å². The number of fused-ring (bicyclic) bond motifs is 1. The Morgan fingerprint density at radius 1 is 1.09 bits per heavy atom. The number of hydrogen-bond donors (Lipinski definition) is 3. The average molecular weight is 649 g/mol. The molecule has 3 aromatic rings. The lowest BCUT2D eigenvalue weighted by Gasteiger charge is -2.34. The van der Waals surface area contributed by atoms with Crippen LogP contribution < -0.4 is 14.8 Å². The van der Waals surface area contributed by atoms with E-state index in [9.17, 15) is 36.3 Å². The first-order chi connectivity index (χ1) is 21.2. The number of sulfonamides is 1. The lowest BCUT2D eigenvalue weighted by atomic mass is 10.0. The first-order valence-electron chi connectivity index (χ1n) is 14.1. The van der Waals surface area contributed by atoms with E-state index in [-0.39, 0.29) is 54.2 Å². The summed E-state index contributed by atoms with van der Waals surface area (Å²) >= 11 is 0. The number of carbonyl (C=O) groups excluding carboxylic acids is 2. The van der Waals surface area contributed by atoms with Crippen LogP contribution in [-0.4, -0.2) is 74.2 Å². The van der Waals surface area contributed by atoms with Crippen molar-refractivity contribution in [1.29, 1.82) is 0 Å². The van der Waals surface area contributed by atoms with Crippen molar-refractivity contribution in [2.24, 2.45) is 5.92 Å². The van der Waals surface area contributed by atoms with E-state index >= 15 is 0 Å². The van der Waals surface area contributed by atoms with Gasteiger partial charge in [0.15, 0.2) is 0 Å². The molecule has 1 heterocycles. The van der Waals surface area contributed by atoms with E-state index in [1.165, 1.54) is 41.1 Å². The zero-order chi connectivity index (χ0) is 32.9. The third-order valence-corrected chi connectivity index (χ3v) is 8.88. The molecule has 3 amide bonds. The summed E-state index contributed by atoms with van der Waals surface area (Å²) in [5.41, 5.74) is -0.0489. The van der Waals surface area contributed by atoms with Gasteiger partial charge in [-0.2, -0.15) is 13.2 Å². The SMILES string of the molecule is C[C@@H]1CN([C@H](C)CO)C(=O)Cc2cc(NS(=O)(=O)c3ccccc3)ccc2O[C@H]1CN(C)C(=O)Nc1ccc(C(F)(F)F)cc1. The molecule has 3 aromatic carbocycles. The molecule has 0 unspecified atom stereocenters. The Hall–Kier alpha value is -4.30. The second-order valence-corrected chi connectivity index (χ2v) is 12.7. The molecule has 45 heavy (non-hydrogen) atoms. The highest BCUT2D eigenvalue weighted by molar-refractivity contribution is 7.92. The summed E-state index contributed by atoms with van der Waals surface area (Å²) in [5.74, 6) is -0.324. The van der Waals surface area contributed by atoms with Crippen LogP contribution in [0.1, 0.15) is 25.0 Å². The summed E-state index contributed by atoms with van der Waals surface area (Å²) in [6, 6.07) is 15.3. The lowest BCUT2D eigenvalue weighted by Crippen LogP contribution is -2.48. The molecule has 0 fully saturated rings. The third-order valence-electron chi connectivity index (χ3n) is 7.49. The van der Waals surface area contributed by atoms with Crippen LogP contribution in [0.15, 0.2) is 77.7 Å². The zero-order valence-corrected chi connectivity index (χ0v) is 25.7. The molecule has 0 saturated carbocycles. The number of halogens is 3. The summed E-state index contributed by atoms with van der Waals surface area (Å²) in [7, 11) is -2.41. The number of urea groups is 1. The van der Waals surface area contributed by atoms with Gasteiger partial charge in [-0.25, -0.2) is 13.2 Å². The monoisotopic (exact) mass is 648 g/mol. The number of carbonyl (C=O) groups is 2. The molecule has 0 bridgehead atoms. The van der Waals surface area contributed by atoms with Gasteiger partial charge >= 0.3 is 12.2 Å². The summed E-state index contributed by atoms with van der Waals surface area (Å²) < 4.78 is 73.5. The number of anilines is 2. The summed E-state index contributed by atoms with van der Waals surface area (Å²) in [4.78, 5) is 29.3. The maximum atomic E-state index is 13.4. The number of rotatable bonds is 8. The predicted octanol–water partition coefficient (Wildman–Crippen LogP) is 4.82. The average Bonchev–Trinajstić information content (AvgIpc) is 3.04. The quantitative estimate of drug-likeness (QED) is 0.322. The van der Waals surface area contributed by atoms with E-state index < -0.39 is 39.9 Å². The van der Waals surface area contributed by atoms with E-state index in [0.29, 0.717) is 11.3 Å². The maximum Gasteiger partial charge on any atom is 0.416 e. The number of hydrogen-bond acceptors (Lipinski definition) is 6. The topological polar surface area (TPSA) is 128 Å². The van der Waals surface area contributed by atoms with E-state index in [1.54, 1.807) is 31.2 Å². The summed E-state index contributed by atoms with van der Waals surface area (Å²) in [6.45, 7) is 3.48. The van der Waals surface area contributed by atoms with Gasteiger partial charge in [-0.3, -0.25) is 9.52 Å². The number of nitrogens with zero attached hydrogens (tertiary/aromatic N) is 2. The van der Waals surface area contributed by atoms with Gasteiger partial charge in [0.05, 0.1) is 36.1 Å². The zero-order valence-electron chi connectivity index (χ0n) is 24.9. The summed E-state index contributed by atoms with van der Waals surface area (Å²) in [5, 5.41) is 12.4. The van der Waals surface area contributed by atoms with Gasteiger partial charge < -0.3 is 25.0 Å². The highest BCUT2D eigenvalue weighted by Gasteiger charge is 2.33. The molecule has 0 saturated heterocycles. The Balaban J connectivity index is 1.58. The van der Waals surface area contributed by atoms with Gasteiger partial charge in [-0.05, 0) is 61.5 Å². The van der Waals surface area contributed by atoms with Gasteiger partial charge in [0.1, 0.15) is 11.9 Å². The molecule has 3 N–H and O–H groups in total. The summed E-state index contributed by atoms with van der Waals surface area (Å²) in [6.07, 6.45) is -5.31. The smallest absolute Gasteiger partial charge is 0.416 e. The maximum absolute atomic E-state index is 13.4. The second-order valence-electron chi connectivity index (χ2n) is 11.0. The largest absolute Gasteiger partial charge is 0.488 e. The van der Waals surface area contributed by atoms with Crippen LogP contribution in [0.3, 0.4) is 0 Å². The molecule has 3 atom stereocenters. The molecule has 0 aromatic heterocycles. The minimum atomic E-state index is -4.50. The molecule has 242 valence electrons. The Labute approximate surface area is 259 Å². The molecule has 4 rings (SSSR count). The van der Waals surface area contributed by atoms with E-state index in [0.717, 1.165) is 24.3 Å². The number of aliphatic hydroxyl groups excluding tert-OH is 1. The molecule has 10 nitrogen and oxygen atoms in total.